The average Bonchev–Trinajstić information content (AvgIpc) is 3.22. The van der Waals surface area contributed by atoms with Gasteiger partial charge in [-0.2, -0.15) is 0 Å². The van der Waals surface area contributed by atoms with Crippen molar-refractivity contribution in [2.24, 2.45) is 11.8 Å². The second-order valence-corrected chi connectivity index (χ2v) is 8.05. The number of anilines is 1. The van der Waals surface area contributed by atoms with Crippen molar-refractivity contribution in [3.05, 3.63) is 41.5 Å². The smallest absolute Gasteiger partial charge is 0.310 e. The fourth-order valence-electron chi connectivity index (χ4n) is 6.75. The summed E-state index contributed by atoms with van der Waals surface area (Å²) in [5.41, 5.74) is 2.89. The van der Waals surface area contributed by atoms with Gasteiger partial charge in [-0.15, -0.1) is 0 Å². The highest BCUT2D eigenvalue weighted by Crippen LogP contribution is 2.72. The Balaban J connectivity index is 1.67. The molecule has 6 rings (SSSR count). The molecule has 1 N–H and O–H groups in total. The van der Waals surface area contributed by atoms with Crippen LogP contribution in [0.25, 0.3) is 0 Å². The molecule has 1 spiro atoms. The molecule has 0 aromatic heterocycles. The monoisotopic (exact) mass is 338 g/mol. The van der Waals surface area contributed by atoms with Crippen LogP contribution in [-0.4, -0.2) is 42.5 Å². The van der Waals surface area contributed by atoms with Gasteiger partial charge in [0.05, 0.1) is 24.5 Å². The topological polar surface area (TPSA) is 50.8 Å². The molecule has 4 heterocycles. The van der Waals surface area contributed by atoms with E-state index in [1.807, 2.05) is 0 Å². The number of nitrogens with one attached hydrogen (secondary N) is 1. The van der Waals surface area contributed by atoms with Crippen LogP contribution < -0.4 is 5.32 Å². The molecule has 1 aromatic rings. The summed E-state index contributed by atoms with van der Waals surface area (Å²) in [5, 5.41) is 3.73. The standard InChI is InChI=1S/C20H22N2O3/c1-3-11-10-22-15-8-12(11)17(18(23)24-2)19-9-16(22)25-20(15,19)21-14-7-5-4-6-13(14)19/h3-7,12,15-17,21H,8-10H2,1-2H3/b11-3-/t12?,15-,16?,17?,19-,20-/m0/s1. The largest absolute Gasteiger partial charge is 0.469 e. The third-order valence-corrected chi connectivity index (χ3v) is 7.53. The number of esters is 1. The number of hydrogen-bond donors (Lipinski definition) is 1. The number of hydrogen-bond acceptors (Lipinski definition) is 5. The Bertz CT molecular complexity index is 836. The Morgan fingerprint density at radius 3 is 3.08 bits per heavy atom. The number of carbonyl (C=O) groups is 1. The molecule has 1 aromatic carbocycles. The van der Waals surface area contributed by atoms with E-state index in [-0.39, 0.29) is 29.4 Å². The highest BCUT2D eigenvalue weighted by molar-refractivity contribution is 5.81. The van der Waals surface area contributed by atoms with Gasteiger partial charge in [-0.1, -0.05) is 29.8 Å². The number of methoxy groups -OCH3 is 1. The SMILES string of the molecule is C/C=C1/CN2C3C[C@@]45c6ccccc6N[C@]4(O3)[C@@H]2CC1C5C(=O)OC. The maximum Gasteiger partial charge on any atom is 0.310 e. The van der Waals surface area contributed by atoms with E-state index in [0.717, 1.165) is 25.1 Å². The molecule has 130 valence electrons. The second-order valence-electron chi connectivity index (χ2n) is 8.05. The minimum absolute atomic E-state index is 0.0780. The van der Waals surface area contributed by atoms with Gasteiger partial charge in [0.25, 0.3) is 0 Å². The Labute approximate surface area is 147 Å². The van der Waals surface area contributed by atoms with Gasteiger partial charge in [-0.05, 0) is 30.9 Å². The average molecular weight is 338 g/mol. The lowest BCUT2D eigenvalue weighted by Crippen LogP contribution is -2.73. The van der Waals surface area contributed by atoms with Crippen molar-refractivity contribution in [1.29, 1.82) is 0 Å². The molecule has 5 nitrogen and oxygen atoms in total. The molecule has 4 fully saturated rings. The Morgan fingerprint density at radius 1 is 1.44 bits per heavy atom. The molecule has 1 aliphatic carbocycles. The number of ether oxygens (including phenoxy) is 2. The summed E-state index contributed by atoms with van der Waals surface area (Å²) in [7, 11) is 1.52. The summed E-state index contributed by atoms with van der Waals surface area (Å²) in [6.45, 7) is 2.99. The van der Waals surface area contributed by atoms with Crippen LogP contribution in [0.15, 0.2) is 35.9 Å². The highest BCUT2D eigenvalue weighted by Gasteiger charge is 2.82. The molecule has 0 amide bonds. The number of allylic oxidation sites excluding steroid dienone is 1. The van der Waals surface area contributed by atoms with Gasteiger partial charge < -0.3 is 14.8 Å². The predicted molar refractivity (Wildman–Crippen MR) is 91.8 cm³/mol. The summed E-state index contributed by atoms with van der Waals surface area (Å²) >= 11 is 0. The first-order chi connectivity index (χ1) is 12.2. The molecule has 4 bridgehead atoms. The minimum Gasteiger partial charge on any atom is -0.469 e. The molecular formula is C20H22N2O3. The molecule has 6 atom stereocenters. The first-order valence-corrected chi connectivity index (χ1v) is 9.20. The normalized spacial score (nSPS) is 46.9. The minimum atomic E-state index is -0.490. The number of piperidine rings is 2. The van der Waals surface area contributed by atoms with Gasteiger partial charge in [-0.25, -0.2) is 0 Å². The summed E-state index contributed by atoms with van der Waals surface area (Å²) in [4.78, 5) is 15.6. The number of nitrogens with zero attached hydrogens (tertiary/aromatic N) is 1. The maximum absolute atomic E-state index is 13.1. The lowest BCUT2D eigenvalue weighted by atomic mass is 9.49. The van der Waals surface area contributed by atoms with E-state index in [2.05, 4.69) is 47.5 Å². The lowest BCUT2D eigenvalue weighted by molar-refractivity contribution is -0.161. The van der Waals surface area contributed by atoms with Crippen LogP contribution in [-0.2, 0) is 19.7 Å². The number of benzene rings is 1. The van der Waals surface area contributed by atoms with Crippen molar-refractivity contribution in [2.75, 3.05) is 19.0 Å². The van der Waals surface area contributed by atoms with Crippen molar-refractivity contribution < 1.29 is 14.3 Å². The quantitative estimate of drug-likeness (QED) is 0.629. The van der Waals surface area contributed by atoms with Crippen LogP contribution in [0.2, 0.25) is 0 Å². The number of para-hydroxylation sites is 1. The van der Waals surface area contributed by atoms with Crippen molar-refractivity contribution in [3.8, 4) is 0 Å². The van der Waals surface area contributed by atoms with Crippen molar-refractivity contribution >= 4 is 11.7 Å². The van der Waals surface area contributed by atoms with E-state index in [1.54, 1.807) is 0 Å². The first-order valence-electron chi connectivity index (χ1n) is 9.20. The van der Waals surface area contributed by atoms with E-state index < -0.39 is 5.72 Å². The molecule has 1 saturated carbocycles. The molecule has 5 heteroatoms. The third-order valence-electron chi connectivity index (χ3n) is 7.53. The van der Waals surface area contributed by atoms with Crippen molar-refractivity contribution in [3.63, 3.8) is 0 Å². The number of rotatable bonds is 1. The summed E-state index contributed by atoms with van der Waals surface area (Å²) in [6.07, 6.45) is 4.10. The van der Waals surface area contributed by atoms with E-state index in [0.29, 0.717) is 6.04 Å². The lowest BCUT2D eigenvalue weighted by Gasteiger charge is -2.60. The van der Waals surface area contributed by atoms with Crippen LogP contribution in [0.3, 0.4) is 0 Å². The van der Waals surface area contributed by atoms with E-state index in [4.69, 9.17) is 9.47 Å². The Hall–Kier alpha value is -1.85. The summed E-state index contributed by atoms with van der Waals surface area (Å²) < 4.78 is 12.0. The highest BCUT2D eigenvalue weighted by atomic mass is 16.6. The molecule has 25 heavy (non-hydrogen) atoms. The van der Waals surface area contributed by atoms with Gasteiger partial charge in [0.1, 0.15) is 6.23 Å². The first kappa shape index (κ1) is 14.3. The van der Waals surface area contributed by atoms with Gasteiger partial charge >= 0.3 is 5.97 Å². The second kappa shape index (κ2) is 4.27. The molecule has 3 saturated heterocycles. The van der Waals surface area contributed by atoms with Crippen LogP contribution in [0.5, 0.6) is 0 Å². The van der Waals surface area contributed by atoms with E-state index >= 15 is 0 Å². The van der Waals surface area contributed by atoms with Crippen molar-refractivity contribution in [1.82, 2.24) is 4.90 Å². The number of carbonyl (C=O) groups excluding carboxylic acids is 1. The van der Waals surface area contributed by atoms with E-state index in [1.165, 1.54) is 18.2 Å². The van der Waals surface area contributed by atoms with Gasteiger partial charge in [0, 0.05) is 18.7 Å². The van der Waals surface area contributed by atoms with Crippen molar-refractivity contribution in [2.45, 2.75) is 43.2 Å². The predicted octanol–water partition coefficient (Wildman–Crippen LogP) is 2.25. The van der Waals surface area contributed by atoms with Gasteiger partial charge in [0.2, 0.25) is 0 Å². The zero-order valence-electron chi connectivity index (χ0n) is 14.5. The Morgan fingerprint density at radius 2 is 2.28 bits per heavy atom. The fraction of sp³-hybridized carbons (Fsp3) is 0.550. The van der Waals surface area contributed by atoms with Crippen LogP contribution in [0, 0.1) is 11.8 Å². The molecule has 0 radical (unpaired) electrons. The molecule has 5 aliphatic rings. The Kier molecular flexibility index (Phi) is 2.45. The zero-order valence-corrected chi connectivity index (χ0v) is 14.5. The molecule has 4 aliphatic heterocycles. The van der Waals surface area contributed by atoms with Crippen LogP contribution >= 0.6 is 0 Å². The van der Waals surface area contributed by atoms with E-state index in [9.17, 15) is 4.79 Å². The summed E-state index contributed by atoms with van der Waals surface area (Å²) in [5.74, 6) is -0.0451. The summed E-state index contributed by atoms with van der Waals surface area (Å²) in [6, 6.07) is 8.74. The van der Waals surface area contributed by atoms with Crippen LogP contribution in [0.4, 0.5) is 5.69 Å². The molecule has 3 unspecified atom stereocenters. The zero-order chi connectivity index (χ0) is 17.0. The fourth-order valence-corrected chi connectivity index (χ4v) is 6.75. The number of fused-ring (bicyclic) bond motifs is 4. The van der Waals surface area contributed by atoms with Gasteiger partial charge in [0.15, 0.2) is 5.72 Å². The third kappa shape index (κ3) is 1.30. The van der Waals surface area contributed by atoms with Crippen LogP contribution in [0.1, 0.15) is 25.3 Å². The molecular weight excluding hydrogens is 316 g/mol. The maximum atomic E-state index is 13.1. The van der Waals surface area contributed by atoms with Gasteiger partial charge in [-0.3, -0.25) is 9.69 Å².